The van der Waals surface area contributed by atoms with Gasteiger partial charge in [-0.3, -0.25) is 4.79 Å². The molecule has 2 N–H and O–H groups in total. The van der Waals surface area contributed by atoms with E-state index in [0.717, 1.165) is 19.4 Å². The van der Waals surface area contributed by atoms with Gasteiger partial charge in [-0.15, -0.1) is 0 Å². The first-order chi connectivity index (χ1) is 12.7. The van der Waals surface area contributed by atoms with Crippen molar-refractivity contribution in [1.29, 1.82) is 0 Å². The fourth-order valence-electron chi connectivity index (χ4n) is 2.65. The number of hydrogen-bond donors (Lipinski definition) is 2. The van der Waals surface area contributed by atoms with Crippen molar-refractivity contribution in [2.75, 3.05) is 38.0 Å². The van der Waals surface area contributed by atoms with Gasteiger partial charge >= 0.3 is 0 Å². The highest BCUT2D eigenvalue weighted by Gasteiger charge is 2.16. The number of nitrogens with one attached hydrogen (secondary N) is 2. The largest absolute Gasteiger partial charge is 0.497 e. The van der Waals surface area contributed by atoms with E-state index in [-0.39, 0.29) is 12.0 Å². The molecule has 2 aromatic rings. The van der Waals surface area contributed by atoms with Gasteiger partial charge in [0.1, 0.15) is 11.5 Å². The molecule has 2 heterocycles. The first-order valence-corrected chi connectivity index (χ1v) is 8.40. The number of carbonyl (C=O) groups excluding carboxylic acids is 1. The third kappa shape index (κ3) is 4.40. The summed E-state index contributed by atoms with van der Waals surface area (Å²) in [5.74, 6) is 1.29. The summed E-state index contributed by atoms with van der Waals surface area (Å²) in [5, 5.41) is 5.90. The number of aromatic nitrogens is 2. The van der Waals surface area contributed by atoms with Crippen LogP contribution in [0.4, 0.5) is 11.6 Å². The Labute approximate surface area is 151 Å². The van der Waals surface area contributed by atoms with Gasteiger partial charge in [-0.05, 0) is 25.0 Å². The van der Waals surface area contributed by atoms with Crippen LogP contribution < -0.4 is 20.1 Å². The minimum Gasteiger partial charge on any atom is -0.497 e. The van der Waals surface area contributed by atoms with Crippen LogP contribution in [0.1, 0.15) is 23.2 Å². The molecule has 8 nitrogen and oxygen atoms in total. The lowest BCUT2D eigenvalue weighted by atomic mass is 10.2. The van der Waals surface area contributed by atoms with Crippen LogP contribution in [0.5, 0.6) is 11.5 Å². The second kappa shape index (κ2) is 8.48. The molecule has 1 aromatic heterocycles. The molecule has 3 rings (SSSR count). The van der Waals surface area contributed by atoms with Crippen molar-refractivity contribution in [3.8, 4) is 11.5 Å². The molecule has 1 aromatic carbocycles. The highest BCUT2D eigenvalue weighted by molar-refractivity contribution is 6.04. The summed E-state index contributed by atoms with van der Waals surface area (Å²) in [6.07, 6.45) is 5.28. The van der Waals surface area contributed by atoms with E-state index >= 15 is 0 Å². The van der Waals surface area contributed by atoms with Crippen LogP contribution in [0.2, 0.25) is 0 Å². The zero-order valence-corrected chi connectivity index (χ0v) is 14.8. The fourth-order valence-corrected chi connectivity index (χ4v) is 2.65. The van der Waals surface area contributed by atoms with Gasteiger partial charge in [-0.25, -0.2) is 9.97 Å². The van der Waals surface area contributed by atoms with Crippen LogP contribution in [-0.4, -0.2) is 49.4 Å². The van der Waals surface area contributed by atoms with E-state index in [2.05, 4.69) is 20.6 Å². The predicted octanol–water partition coefficient (Wildman–Crippen LogP) is 2.34. The molecule has 1 atom stereocenters. The Kier molecular flexibility index (Phi) is 5.85. The summed E-state index contributed by atoms with van der Waals surface area (Å²) in [6.45, 7) is 1.46. The van der Waals surface area contributed by atoms with Crippen LogP contribution in [0.25, 0.3) is 0 Å². The van der Waals surface area contributed by atoms with Crippen molar-refractivity contribution in [3.05, 3.63) is 36.2 Å². The number of anilines is 2. The van der Waals surface area contributed by atoms with Crippen molar-refractivity contribution in [3.63, 3.8) is 0 Å². The summed E-state index contributed by atoms with van der Waals surface area (Å²) in [6, 6.07) is 5.17. The maximum atomic E-state index is 12.4. The standard InChI is InChI=1S/C18H22N4O4/c1-24-13-5-6-16(25-2)15(8-13)22-17(23)12-9-19-18(20-10-12)21-11-14-4-3-7-26-14/h5-6,8-10,14H,3-4,7,11H2,1-2H3,(H,22,23)(H,19,20,21). The molecule has 1 amide bonds. The Balaban J connectivity index is 1.62. The highest BCUT2D eigenvalue weighted by atomic mass is 16.5. The molecule has 0 radical (unpaired) electrons. The smallest absolute Gasteiger partial charge is 0.258 e. The highest BCUT2D eigenvalue weighted by Crippen LogP contribution is 2.29. The van der Waals surface area contributed by atoms with Gasteiger partial charge in [-0.1, -0.05) is 0 Å². The lowest BCUT2D eigenvalue weighted by Gasteiger charge is -2.12. The van der Waals surface area contributed by atoms with E-state index in [9.17, 15) is 4.79 Å². The molecule has 0 aliphatic carbocycles. The predicted molar refractivity (Wildman–Crippen MR) is 97.0 cm³/mol. The number of benzene rings is 1. The number of rotatable bonds is 7. The molecule has 1 unspecified atom stereocenters. The van der Waals surface area contributed by atoms with Gasteiger partial charge in [0.05, 0.1) is 31.6 Å². The second-order valence-corrected chi connectivity index (χ2v) is 5.83. The quantitative estimate of drug-likeness (QED) is 0.784. The van der Waals surface area contributed by atoms with Crippen LogP contribution in [0.15, 0.2) is 30.6 Å². The van der Waals surface area contributed by atoms with E-state index in [1.165, 1.54) is 19.5 Å². The number of methoxy groups -OCH3 is 2. The summed E-state index contributed by atoms with van der Waals surface area (Å²) in [7, 11) is 3.10. The van der Waals surface area contributed by atoms with Crippen molar-refractivity contribution < 1.29 is 19.0 Å². The third-order valence-corrected chi connectivity index (χ3v) is 4.08. The van der Waals surface area contributed by atoms with E-state index in [0.29, 0.717) is 35.2 Å². The number of amides is 1. The van der Waals surface area contributed by atoms with Crippen LogP contribution in [-0.2, 0) is 4.74 Å². The molecule has 0 saturated carbocycles. The number of ether oxygens (including phenoxy) is 3. The first kappa shape index (κ1) is 17.9. The van der Waals surface area contributed by atoms with Gasteiger partial charge in [-0.2, -0.15) is 0 Å². The summed E-state index contributed by atoms with van der Waals surface area (Å²) in [5.41, 5.74) is 0.856. The molecule has 138 valence electrons. The van der Waals surface area contributed by atoms with E-state index < -0.39 is 0 Å². The number of carbonyl (C=O) groups is 1. The van der Waals surface area contributed by atoms with E-state index in [1.807, 2.05) is 0 Å². The molecule has 1 aliphatic heterocycles. The Morgan fingerprint density at radius 1 is 1.27 bits per heavy atom. The van der Waals surface area contributed by atoms with Gasteiger partial charge in [0.25, 0.3) is 5.91 Å². The Hall–Kier alpha value is -2.87. The maximum absolute atomic E-state index is 12.4. The Morgan fingerprint density at radius 3 is 2.73 bits per heavy atom. The van der Waals surface area contributed by atoms with Crippen LogP contribution in [0, 0.1) is 0 Å². The topological polar surface area (TPSA) is 94.6 Å². The Bertz CT molecular complexity index is 745. The molecule has 26 heavy (non-hydrogen) atoms. The molecule has 0 spiro atoms. The van der Waals surface area contributed by atoms with Gasteiger partial charge in [0, 0.05) is 31.6 Å². The zero-order chi connectivity index (χ0) is 18.4. The lowest BCUT2D eigenvalue weighted by Crippen LogP contribution is -2.20. The third-order valence-electron chi connectivity index (χ3n) is 4.08. The second-order valence-electron chi connectivity index (χ2n) is 5.83. The molecule has 0 bridgehead atoms. The normalized spacial score (nSPS) is 16.2. The summed E-state index contributed by atoms with van der Waals surface area (Å²) < 4.78 is 16.0. The van der Waals surface area contributed by atoms with Crippen molar-refractivity contribution in [2.45, 2.75) is 18.9 Å². The minimum atomic E-state index is -0.331. The van der Waals surface area contributed by atoms with Crippen LogP contribution >= 0.6 is 0 Å². The Morgan fingerprint density at radius 2 is 2.08 bits per heavy atom. The van der Waals surface area contributed by atoms with Gasteiger partial charge < -0.3 is 24.8 Å². The van der Waals surface area contributed by atoms with Crippen molar-refractivity contribution in [1.82, 2.24) is 9.97 Å². The van der Waals surface area contributed by atoms with Gasteiger partial charge in [0.2, 0.25) is 5.95 Å². The molecule has 1 saturated heterocycles. The molecule has 8 heteroatoms. The monoisotopic (exact) mass is 358 g/mol. The van der Waals surface area contributed by atoms with E-state index in [1.54, 1.807) is 25.3 Å². The van der Waals surface area contributed by atoms with E-state index in [4.69, 9.17) is 14.2 Å². The fraction of sp³-hybridized carbons (Fsp3) is 0.389. The zero-order valence-electron chi connectivity index (χ0n) is 14.8. The molecular formula is C18H22N4O4. The van der Waals surface area contributed by atoms with Crippen LogP contribution in [0.3, 0.4) is 0 Å². The SMILES string of the molecule is COc1ccc(OC)c(NC(=O)c2cnc(NCC3CCCO3)nc2)c1. The average molecular weight is 358 g/mol. The molecule has 1 aliphatic rings. The molecular weight excluding hydrogens is 336 g/mol. The first-order valence-electron chi connectivity index (χ1n) is 8.40. The number of nitrogens with zero attached hydrogens (tertiary/aromatic N) is 2. The number of hydrogen-bond acceptors (Lipinski definition) is 7. The summed E-state index contributed by atoms with van der Waals surface area (Å²) >= 11 is 0. The maximum Gasteiger partial charge on any atom is 0.258 e. The summed E-state index contributed by atoms with van der Waals surface area (Å²) in [4.78, 5) is 20.8. The lowest BCUT2D eigenvalue weighted by molar-refractivity contribution is 0.102. The van der Waals surface area contributed by atoms with Gasteiger partial charge in [0.15, 0.2) is 0 Å². The van der Waals surface area contributed by atoms with Crippen molar-refractivity contribution >= 4 is 17.5 Å². The minimum absolute atomic E-state index is 0.196. The average Bonchev–Trinajstić information content (AvgIpc) is 3.20. The molecule has 1 fully saturated rings. The van der Waals surface area contributed by atoms with Crippen molar-refractivity contribution in [2.24, 2.45) is 0 Å².